The molecule has 1 unspecified atom stereocenters. The van der Waals surface area contributed by atoms with Crippen LogP contribution >= 0.6 is 24.8 Å². The van der Waals surface area contributed by atoms with E-state index in [1.807, 2.05) is 0 Å². The van der Waals surface area contributed by atoms with Crippen LogP contribution in [0.3, 0.4) is 0 Å². The van der Waals surface area contributed by atoms with Gasteiger partial charge in [0.05, 0.1) is 0 Å². The largest absolute Gasteiger partial charge is 0.147 e. The predicted molar refractivity (Wildman–Crippen MR) is 181 cm³/mol. The maximum Gasteiger partial charge on any atom is -0.147 e. The summed E-state index contributed by atoms with van der Waals surface area (Å²) in [5.41, 5.74) is 10.4. The summed E-state index contributed by atoms with van der Waals surface area (Å²) in [6.07, 6.45) is 9.36. The summed E-state index contributed by atoms with van der Waals surface area (Å²) in [4.78, 5) is 0. The molecule has 4 aromatic carbocycles. The van der Waals surface area contributed by atoms with E-state index in [-0.39, 0.29) is 33.9 Å². The Morgan fingerprint density at radius 1 is 0.762 bits per heavy atom. The van der Waals surface area contributed by atoms with Gasteiger partial charge in [0, 0.05) is 0 Å². The van der Waals surface area contributed by atoms with Crippen molar-refractivity contribution < 1.29 is 21.1 Å². The molecule has 4 heteroatoms. The van der Waals surface area contributed by atoms with Crippen LogP contribution in [-0.4, -0.2) is 3.81 Å². The minimum absolute atomic E-state index is 0. The molecule has 0 N–H and O–H groups in total. The molecule has 2 aliphatic rings. The van der Waals surface area contributed by atoms with Gasteiger partial charge in [0.15, 0.2) is 0 Å². The maximum absolute atomic E-state index is 7.46. The van der Waals surface area contributed by atoms with Crippen molar-refractivity contribution >= 4 is 40.3 Å². The van der Waals surface area contributed by atoms with Crippen LogP contribution in [0, 0.1) is 6.92 Å². The monoisotopic (exact) mass is 628 g/mol. The minimum atomic E-state index is -2.71. The van der Waals surface area contributed by atoms with Crippen LogP contribution in [0.4, 0.5) is 0 Å². The van der Waals surface area contributed by atoms with Crippen molar-refractivity contribution in [1.82, 2.24) is 0 Å². The number of aryl methyl sites for hydroxylation is 1. The van der Waals surface area contributed by atoms with Gasteiger partial charge in [-0.3, -0.25) is 0 Å². The van der Waals surface area contributed by atoms with Gasteiger partial charge in [0.25, 0.3) is 0 Å². The molecule has 2 aliphatic carbocycles. The van der Waals surface area contributed by atoms with E-state index < -0.39 is 17.8 Å². The summed E-state index contributed by atoms with van der Waals surface area (Å²) in [7, 11) is 0. The zero-order valence-corrected chi connectivity index (χ0v) is 28.0. The fourth-order valence-corrected chi connectivity index (χ4v) is 10.2. The van der Waals surface area contributed by atoms with E-state index in [0.29, 0.717) is 0 Å². The summed E-state index contributed by atoms with van der Waals surface area (Å²) < 4.78 is 8.56. The fourth-order valence-electron chi connectivity index (χ4n) is 5.89. The van der Waals surface area contributed by atoms with Crippen LogP contribution in [0.1, 0.15) is 61.1 Å². The summed E-state index contributed by atoms with van der Waals surface area (Å²) in [6.45, 7) is 11.4. The van der Waals surface area contributed by atoms with Gasteiger partial charge < -0.3 is 0 Å². The van der Waals surface area contributed by atoms with E-state index >= 15 is 0 Å². The maximum atomic E-state index is 7.46. The number of rotatable bonds is 5. The van der Waals surface area contributed by atoms with Crippen molar-refractivity contribution in [3.63, 3.8) is 0 Å². The van der Waals surface area contributed by atoms with Gasteiger partial charge in [0.1, 0.15) is 0 Å². The molecule has 1 atom stereocenters. The van der Waals surface area contributed by atoms with Gasteiger partial charge in [-0.25, -0.2) is 0 Å². The normalized spacial score (nSPS) is 16.6. The molecule has 0 heterocycles. The number of benzene rings is 4. The van der Waals surface area contributed by atoms with E-state index in [1.165, 1.54) is 48.3 Å². The smallest absolute Gasteiger partial charge is 0.147 e. The minimum Gasteiger partial charge on any atom is -0.147 e. The van der Waals surface area contributed by atoms with E-state index in [2.05, 4.69) is 162 Å². The van der Waals surface area contributed by atoms with E-state index in [0.717, 1.165) is 5.75 Å². The molecule has 0 fully saturated rings. The third-order valence-electron chi connectivity index (χ3n) is 8.05. The average Bonchev–Trinajstić information content (AvgIpc) is 3.34. The van der Waals surface area contributed by atoms with Crippen LogP contribution in [0.2, 0.25) is 3.72 Å². The second-order valence-electron chi connectivity index (χ2n) is 12.1. The molecule has 4 aromatic rings. The van der Waals surface area contributed by atoms with Crippen LogP contribution in [-0.2, 0) is 23.2 Å². The molecule has 0 amide bonds. The summed E-state index contributed by atoms with van der Waals surface area (Å²) >= 11 is -2.71. The number of allylic oxidation sites excluding steroid dienone is 5. The van der Waals surface area contributed by atoms with E-state index in [9.17, 15) is 0 Å². The van der Waals surface area contributed by atoms with Crippen LogP contribution in [0.15, 0.2) is 127 Å². The molecule has 0 aromatic heterocycles. The van der Waals surface area contributed by atoms with Crippen molar-refractivity contribution in [3.05, 3.63) is 160 Å². The SMILES string of the molecule is Cc1cc([O][Ti](=[C](c2ccccc2)c2ccccc2)[C]2(C)C=CC=C3C2=Cc2ccccc23)cc(C(C)(C)C)c1.Cl.Cl. The second kappa shape index (κ2) is 12.7. The molecular formula is C38H38Cl2OTi. The van der Waals surface area contributed by atoms with Gasteiger partial charge in [-0.2, -0.15) is 0 Å². The van der Waals surface area contributed by atoms with E-state index in [4.69, 9.17) is 3.32 Å². The van der Waals surface area contributed by atoms with Crippen molar-refractivity contribution in [2.24, 2.45) is 0 Å². The summed E-state index contributed by atoms with van der Waals surface area (Å²) in [5.74, 6) is 0.978. The van der Waals surface area contributed by atoms with Crippen molar-refractivity contribution in [3.8, 4) is 5.75 Å². The zero-order chi connectivity index (χ0) is 27.9. The van der Waals surface area contributed by atoms with Gasteiger partial charge in [-0.15, -0.1) is 24.8 Å². The first-order chi connectivity index (χ1) is 19.2. The van der Waals surface area contributed by atoms with Crippen molar-refractivity contribution in [2.45, 2.75) is 43.8 Å². The Kier molecular flexibility index (Phi) is 9.70. The number of fused-ring (bicyclic) bond motifs is 3. The average molecular weight is 629 g/mol. The molecule has 0 radical (unpaired) electrons. The molecule has 42 heavy (non-hydrogen) atoms. The molecule has 214 valence electrons. The molecule has 1 nitrogen and oxygen atoms in total. The molecule has 0 saturated carbocycles. The van der Waals surface area contributed by atoms with Crippen LogP contribution in [0.25, 0.3) is 11.6 Å². The summed E-state index contributed by atoms with van der Waals surface area (Å²) in [5, 5.41) is 0. The molecule has 0 bridgehead atoms. The van der Waals surface area contributed by atoms with Crippen LogP contribution in [0.5, 0.6) is 5.75 Å². The first-order valence-corrected chi connectivity index (χ1v) is 16.3. The van der Waals surface area contributed by atoms with E-state index in [1.54, 1.807) is 0 Å². The van der Waals surface area contributed by atoms with Gasteiger partial charge >= 0.3 is 246 Å². The third kappa shape index (κ3) is 6.08. The fraction of sp³-hybridized carbons (Fsp3) is 0.184. The number of hydrogen-bond acceptors (Lipinski definition) is 1. The van der Waals surface area contributed by atoms with Crippen molar-refractivity contribution in [2.75, 3.05) is 0 Å². The van der Waals surface area contributed by atoms with Gasteiger partial charge in [-0.1, -0.05) is 0 Å². The first kappa shape index (κ1) is 32.0. The third-order valence-corrected chi connectivity index (χ3v) is 12.5. The topological polar surface area (TPSA) is 9.23 Å². The zero-order valence-electron chi connectivity index (χ0n) is 24.8. The van der Waals surface area contributed by atoms with Gasteiger partial charge in [0.2, 0.25) is 0 Å². The summed E-state index contributed by atoms with van der Waals surface area (Å²) in [6, 6.07) is 37.3. The Morgan fingerprint density at radius 2 is 1.36 bits per heavy atom. The quantitative estimate of drug-likeness (QED) is 0.200. The standard InChI is InChI=1S/C14H11.C13H10.C11H16O.2ClH.Ti/c1-10-5-4-8-13-12-7-3-2-6-11(12)9-14(10)13;1-3-7-12(8-4-1)11-13-9-5-2-6-10-13;1-8-5-9(11(2,3)4)7-10(12)6-8;;;/h2-9H,1H3;1-10H;5-7,12H,1-4H3;2*1H;/q;;;;;+1/p-1. The molecule has 0 spiro atoms. The second-order valence-corrected chi connectivity index (χ2v) is 15.9. The Labute approximate surface area is 269 Å². The Hall–Kier alpha value is -2.94. The Morgan fingerprint density at radius 3 is 1.98 bits per heavy atom. The Bertz CT molecular complexity index is 1670. The number of halogens is 2. The van der Waals surface area contributed by atoms with Crippen LogP contribution < -0.4 is 3.32 Å². The molecular weight excluding hydrogens is 591 g/mol. The molecule has 6 rings (SSSR count). The molecule has 0 saturated heterocycles. The van der Waals surface area contributed by atoms with Gasteiger partial charge in [-0.05, 0) is 0 Å². The Balaban J connectivity index is 0.00000202. The number of hydrogen-bond donors (Lipinski definition) is 0. The van der Waals surface area contributed by atoms with Crippen molar-refractivity contribution in [1.29, 1.82) is 0 Å². The first-order valence-electron chi connectivity index (χ1n) is 14.1. The predicted octanol–water partition coefficient (Wildman–Crippen LogP) is 10.5. The molecule has 0 aliphatic heterocycles.